The van der Waals surface area contributed by atoms with Crippen LogP contribution in [0.5, 0.6) is 0 Å². The quantitative estimate of drug-likeness (QED) is 0.850. The molecule has 1 unspecified atom stereocenters. The topological polar surface area (TPSA) is 15.3 Å². The molecule has 0 spiro atoms. The standard InChI is InChI=1S/C18H30N2S/c1-17(2,3)16-13-19-18(4,5)14-20(16)11-12-21-15-9-7-6-8-10-15/h6-10,16,19H,11-14H2,1-5H3. The van der Waals surface area contributed by atoms with Crippen molar-refractivity contribution in [3.8, 4) is 0 Å². The van der Waals surface area contributed by atoms with Crippen molar-refractivity contribution in [2.75, 3.05) is 25.4 Å². The summed E-state index contributed by atoms with van der Waals surface area (Å²) in [5.41, 5.74) is 0.542. The highest BCUT2D eigenvalue weighted by molar-refractivity contribution is 7.99. The highest BCUT2D eigenvalue weighted by Gasteiger charge is 2.37. The molecule has 21 heavy (non-hydrogen) atoms. The second kappa shape index (κ2) is 6.72. The predicted molar refractivity (Wildman–Crippen MR) is 94.1 cm³/mol. The van der Waals surface area contributed by atoms with E-state index in [0.29, 0.717) is 11.5 Å². The number of thioether (sulfide) groups is 1. The third-order valence-electron chi connectivity index (χ3n) is 4.20. The molecular weight excluding hydrogens is 276 g/mol. The molecule has 0 radical (unpaired) electrons. The van der Waals surface area contributed by atoms with Crippen LogP contribution in [-0.2, 0) is 0 Å². The van der Waals surface area contributed by atoms with Crippen LogP contribution in [0.1, 0.15) is 34.6 Å². The first-order valence-corrected chi connectivity index (χ1v) is 8.93. The predicted octanol–water partition coefficient (Wildman–Crippen LogP) is 3.88. The molecule has 3 heteroatoms. The van der Waals surface area contributed by atoms with Crippen molar-refractivity contribution >= 4 is 11.8 Å². The summed E-state index contributed by atoms with van der Waals surface area (Å²) in [7, 11) is 0. The van der Waals surface area contributed by atoms with Crippen LogP contribution in [0.2, 0.25) is 0 Å². The lowest BCUT2D eigenvalue weighted by atomic mass is 9.82. The van der Waals surface area contributed by atoms with Crippen molar-refractivity contribution < 1.29 is 0 Å². The smallest absolute Gasteiger partial charge is 0.0270 e. The molecule has 0 saturated carbocycles. The van der Waals surface area contributed by atoms with E-state index in [1.165, 1.54) is 4.90 Å². The average Bonchev–Trinajstić information content (AvgIpc) is 2.37. The van der Waals surface area contributed by atoms with E-state index < -0.39 is 0 Å². The van der Waals surface area contributed by atoms with Gasteiger partial charge in [0.05, 0.1) is 0 Å². The second-order valence-electron chi connectivity index (χ2n) is 7.78. The zero-order chi connectivity index (χ0) is 15.5. The van der Waals surface area contributed by atoms with Gasteiger partial charge in [-0.15, -0.1) is 11.8 Å². The minimum absolute atomic E-state index is 0.221. The number of nitrogens with zero attached hydrogens (tertiary/aromatic N) is 1. The lowest BCUT2D eigenvalue weighted by Gasteiger charge is -2.49. The molecule has 0 aromatic heterocycles. The van der Waals surface area contributed by atoms with Gasteiger partial charge in [0.1, 0.15) is 0 Å². The Morgan fingerprint density at radius 1 is 1.24 bits per heavy atom. The Morgan fingerprint density at radius 3 is 2.52 bits per heavy atom. The van der Waals surface area contributed by atoms with Gasteiger partial charge >= 0.3 is 0 Å². The van der Waals surface area contributed by atoms with Gasteiger partial charge in [0.25, 0.3) is 0 Å². The molecule has 0 amide bonds. The molecule has 2 rings (SSSR count). The number of rotatable bonds is 4. The third kappa shape index (κ3) is 5.01. The summed E-state index contributed by atoms with van der Waals surface area (Å²) in [5, 5.41) is 3.70. The van der Waals surface area contributed by atoms with Crippen molar-refractivity contribution in [1.82, 2.24) is 10.2 Å². The number of hydrogen-bond donors (Lipinski definition) is 1. The molecule has 1 atom stereocenters. The fraction of sp³-hybridized carbons (Fsp3) is 0.667. The number of nitrogens with one attached hydrogen (secondary N) is 1. The second-order valence-corrected chi connectivity index (χ2v) is 8.95. The van der Waals surface area contributed by atoms with Crippen molar-refractivity contribution in [3.63, 3.8) is 0 Å². The van der Waals surface area contributed by atoms with Crippen LogP contribution in [0.3, 0.4) is 0 Å². The number of benzene rings is 1. The average molecular weight is 307 g/mol. The highest BCUT2D eigenvalue weighted by Crippen LogP contribution is 2.29. The van der Waals surface area contributed by atoms with Crippen LogP contribution in [0.4, 0.5) is 0 Å². The summed E-state index contributed by atoms with van der Waals surface area (Å²) in [6.07, 6.45) is 0. The van der Waals surface area contributed by atoms with Crippen LogP contribution in [0.25, 0.3) is 0 Å². The maximum absolute atomic E-state index is 3.70. The lowest BCUT2D eigenvalue weighted by Crippen LogP contribution is -2.64. The number of hydrogen-bond acceptors (Lipinski definition) is 3. The first-order chi connectivity index (χ1) is 9.78. The monoisotopic (exact) mass is 306 g/mol. The Hall–Kier alpha value is -0.510. The van der Waals surface area contributed by atoms with Gasteiger partial charge in [0, 0.05) is 41.9 Å². The Morgan fingerprint density at radius 2 is 1.90 bits per heavy atom. The zero-order valence-corrected chi connectivity index (χ0v) is 15.0. The highest BCUT2D eigenvalue weighted by atomic mass is 32.2. The van der Waals surface area contributed by atoms with Crippen molar-refractivity contribution in [3.05, 3.63) is 30.3 Å². The Labute approximate surface area is 134 Å². The van der Waals surface area contributed by atoms with Gasteiger partial charge in [0.15, 0.2) is 0 Å². The molecule has 118 valence electrons. The van der Waals surface area contributed by atoms with E-state index in [-0.39, 0.29) is 5.54 Å². The first kappa shape index (κ1) is 16.9. The maximum atomic E-state index is 3.70. The normalized spacial score (nSPS) is 23.2. The molecule has 1 aromatic carbocycles. The Kier molecular flexibility index (Phi) is 5.39. The molecule has 1 aliphatic rings. The Bertz CT molecular complexity index is 436. The van der Waals surface area contributed by atoms with Crippen molar-refractivity contribution in [2.24, 2.45) is 5.41 Å². The molecule has 1 aromatic rings. The van der Waals surface area contributed by atoms with E-state index in [1.54, 1.807) is 0 Å². The van der Waals surface area contributed by atoms with Crippen LogP contribution in [0, 0.1) is 5.41 Å². The van der Waals surface area contributed by atoms with E-state index in [0.717, 1.165) is 25.4 Å². The van der Waals surface area contributed by atoms with Gasteiger partial charge in [-0.3, -0.25) is 4.90 Å². The Balaban J connectivity index is 1.93. The lowest BCUT2D eigenvalue weighted by molar-refractivity contribution is 0.0384. The molecule has 1 aliphatic heterocycles. The molecular formula is C18H30N2S. The van der Waals surface area contributed by atoms with Gasteiger partial charge in [0.2, 0.25) is 0 Å². The van der Waals surface area contributed by atoms with E-state index in [1.807, 2.05) is 11.8 Å². The summed E-state index contributed by atoms with van der Waals surface area (Å²) in [4.78, 5) is 4.06. The SMILES string of the molecule is CC1(C)CN(CCSc2ccccc2)C(C(C)(C)C)CN1. The minimum atomic E-state index is 0.221. The van der Waals surface area contributed by atoms with E-state index in [9.17, 15) is 0 Å². The first-order valence-electron chi connectivity index (χ1n) is 7.95. The van der Waals surface area contributed by atoms with Crippen LogP contribution >= 0.6 is 11.8 Å². The summed E-state index contributed by atoms with van der Waals surface area (Å²) in [5.74, 6) is 1.16. The van der Waals surface area contributed by atoms with Crippen LogP contribution in [-0.4, -0.2) is 41.9 Å². The van der Waals surface area contributed by atoms with Gasteiger partial charge in [-0.1, -0.05) is 39.0 Å². The summed E-state index contributed by atoms with van der Waals surface area (Å²) < 4.78 is 0. The fourth-order valence-electron chi connectivity index (χ4n) is 3.06. The summed E-state index contributed by atoms with van der Waals surface area (Å²) >= 11 is 1.96. The number of piperazine rings is 1. The molecule has 2 nitrogen and oxygen atoms in total. The van der Waals surface area contributed by atoms with E-state index >= 15 is 0 Å². The van der Waals surface area contributed by atoms with Gasteiger partial charge in [-0.05, 0) is 31.4 Å². The van der Waals surface area contributed by atoms with Crippen LogP contribution in [0.15, 0.2) is 35.2 Å². The van der Waals surface area contributed by atoms with E-state index in [2.05, 4.69) is 75.2 Å². The minimum Gasteiger partial charge on any atom is -0.309 e. The molecule has 1 fully saturated rings. The van der Waals surface area contributed by atoms with Crippen LogP contribution < -0.4 is 5.32 Å². The summed E-state index contributed by atoms with van der Waals surface area (Å²) in [6.45, 7) is 15.1. The van der Waals surface area contributed by atoms with Crippen molar-refractivity contribution in [1.29, 1.82) is 0 Å². The van der Waals surface area contributed by atoms with E-state index in [4.69, 9.17) is 0 Å². The van der Waals surface area contributed by atoms with Gasteiger partial charge < -0.3 is 5.32 Å². The molecule has 0 bridgehead atoms. The molecule has 0 aliphatic carbocycles. The van der Waals surface area contributed by atoms with Gasteiger partial charge in [-0.2, -0.15) is 0 Å². The maximum Gasteiger partial charge on any atom is 0.0270 e. The third-order valence-corrected chi connectivity index (χ3v) is 5.20. The largest absolute Gasteiger partial charge is 0.309 e. The zero-order valence-electron chi connectivity index (χ0n) is 14.1. The van der Waals surface area contributed by atoms with Gasteiger partial charge in [-0.25, -0.2) is 0 Å². The molecule has 1 saturated heterocycles. The molecule has 1 N–H and O–H groups in total. The van der Waals surface area contributed by atoms with Crippen molar-refractivity contribution in [2.45, 2.75) is 51.1 Å². The summed E-state index contributed by atoms with van der Waals surface area (Å²) in [6, 6.07) is 11.3. The fourth-order valence-corrected chi connectivity index (χ4v) is 3.97. The molecule has 1 heterocycles.